The Bertz CT molecular complexity index is 932. The van der Waals surface area contributed by atoms with Crippen LogP contribution in [-0.4, -0.2) is 106 Å². The molecule has 12 nitrogen and oxygen atoms in total. The minimum Gasteiger partial charge on any atom is -0.374 e. The van der Waals surface area contributed by atoms with Crippen molar-refractivity contribution in [2.24, 2.45) is 4.99 Å². The van der Waals surface area contributed by atoms with Gasteiger partial charge in [-0.25, -0.2) is 15.0 Å². The van der Waals surface area contributed by atoms with Crippen molar-refractivity contribution in [3.8, 4) is 0 Å². The molecule has 2 N–H and O–H groups in total. The number of ether oxygens (including phenoxy) is 1. The number of hydrogen-bond donors (Lipinski definition) is 2. The molecular formula is C21H33N11O. The minimum absolute atomic E-state index is 0.128. The van der Waals surface area contributed by atoms with Crippen LogP contribution in [0.1, 0.15) is 6.92 Å². The highest BCUT2D eigenvalue weighted by molar-refractivity contribution is 5.80. The number of anilines is 3. The normalized spacial score (nSPS) is 19.5. The predicted molar refractivity (Wildman–Crippen MR) is 128 cm³/mol. The van der Waals surface area contributed by atoms with E-state index in [2.05, 4.69) is 63.9 Å². The molecule has 2 aromatic heterocycles. The van der Waals surface area contributed by atoms with E-state index >= 15 is 0 Å². The molecule has 0 saturated carbocycles. The van der Waals surface area contributed by atoms with Gasteiger partial charge in [-0.15, -0.1) is 0 Å². The molecule has 0 aromatic carbocycles. The summed E-state index contributed by atoms with van der Waals surface area (Å²) in [6.07, 6.45) is 6.97. The second-order valence-electron chi connectivity index (χ2n) is 7.98. The van der Waals surface area contributed by atoms with Crippen molar-refractivity contribution in [3.05, 3.63) is 31.5 Å². The van der Waals surface area contributed by atoms with E-state index in [4.69, 9.17) is 4.74 Å². The van der Waals surface area contributed by atoms with E-state index in [1.54, 1.807) is 18.7 Å². The zero-order valence-corrected chi connectivity index (χ0v) is 19.4. The zero-order valence-electron chi connectivity index (χ0n) is 19.4. The van der Waals surface area contributed by atoms with E-state index in [-0.39, 0.29) is 6.10 Å². The van der Waals surface area contributed by atoms with Gasteiger partial charge in [0.1, 0.15) is 6.33 Å². The maximum Gasteiger partial charge on any atom is 0.232 e. The van der Waals surface area contributed by atoms with Crippen LogP contribution < -0.4 is 15.5 Å². The van der Waals surface area contributed by atoms with Gasteiger partial charge in [0.25, 0.3) is 0 Å². The van der Waals surface area contributed by atoms with Gasteiger partial charge in [-0.2, -0.15) is 10.1 Å². The second-order valence-corrected chi connectivity index (χ2v) is 7.98. The quantitative estimate of drug-likeness (QED) is 0.449. The largest absolute Gasteiger partial charge is 0.374 e. The number of nitrogens with one attached hydrogen (secondary N) is 2. The van der Waals surface area contributed by atoms with Crippen LogP contribution >= 0.6 is 0 Å². The zero-order chi connectivity index (χ0) is 23.0. The number of guanidine groups is 1. The number of hydrogen-bond acceptors (Lipinski definition) is 9. The average molecular weight is 456 g/mol. The fourth-order valence-corrected chi connectivity index (χ4v) is 3.85. The van der Waals surface area contributed by atoms with Gasteiger partial charge < -0.3 is 30.1 Å². The van der Waals surface area contributed by atoms with Crippen molar-refractivity contribution in [2.45, 2.75) is 19.6 Å². The van der Waals surface area contributed by atoms with Crippen molar-refractivity contribution < 1.29 is 4.74 Å². The molecule has 0 spiro atoms. The van der Waals surface area contributed by atoms with E-state index in [1.807, 2.05) is 17.9 Å². The highest BCUT2D eigenvalue weighted by atomic mass is 16.5. The molecular weight excluding hydrogens is 422 g/mol. The molecule has 0 unspecified atom stereocenters. The summed E-state index contributed by atoms with van der Waals surface area (Å²) in [6.45, 7) is 13.2. The van der Waals surface area contributed by atoms with Crippen LogP contribution in [0.15, 0.2) is 36.5 Å². The summed E-state index contributed by atoms with van der Waals surface area (Å²) in [5.74, 6) is 2.10. The Kier molecular flexibility index (Phi) is 7.68. The van der Waals surface area contributed by atoms with Crippen molar-refractivity contribution in [2.75, 3.05) is 69.7 Å². The molecule has 1 atom stereocenters. The molecule has 4 rings (SSSR count). The van der Waals surface area contributed by atoms with Gasteiger partial charge in [0.2, 0.25) is 17.9 Å². The van der Waals surface area contributed by atoms with Crippen LogP contribution in [0.3, 0.4) is 0 Å². The fourth-order valence-electron chi connectivity index (χ4n) is 3.85. The van der Waals surface area contributed by atoms with Gasteiger partial charge in [-0.1, -0.05) is 6.58 Å². The van der Waals surface area contributed by atoms with Gasteiger partial charge in [0.05, 0.1) is 31.1 Å². The summed E-state index contributed by atoms with van der Waals surface area (Å²) in [5.41, 5.74) is 0.827. The third-order valence-corrected chi connectivity index (χ3v) is 5.71. The van der Waals surface area contributed by atoms with Gasteiger partial charge in [-0.3, -0.25) is 4.68 Å². The Labute approximate surface area is 194 Å². The van der Waals surface area contributed by atoms with E-state index < -0.39 is 0 Å². The number of rotatable bonds is 7. The molecule has 12 heteroatoms. The van der Waals surface area contributed by atoms with Crippen molar-refractivity contribution in [3.63, 3.8) is 0 Å². The minimum atomic E-state index is 0.128. The maximum absolute atomic E-state index is 5.75. The average Bonchev–Trinajstić information content (AvgIpc) is 3.29. The highest BCUT2D eigenvalue weighted by Crippen LogP contribution is 2.16. The lowest BCUT2D eigenvalue weighted by Crippen LogP contribution is -2.53. The lowest BCUT2D eigenvalue weighted by molar-refractivity contribution is 0.0161. The van der Waals surface area contributed by atoms with Gasteiger partial charge in [0, 0.05) is 65.3 Å². The summed E-state index contributed by atoms with van der Waals surface area (Å²) in [4.78, 5) is 24.3. The Balaban J connectivity index is 1.34. The molecule has 2 aliphatic heterocycles. The lowest BCUT2D eigenvalue weighted by Gasteiger charge is -2.38. The number of morpholine rings is 1. The Morgan fingerprint density at radius 1 is 1.36 bits per heavy atom. The summed E-state index contributed by atoms with van der Waals surface area (Å²) in [6, 6.07) is 0. The van der Waals surface area contributed by atoms with E-state index in [1.165, 1.54) is 0 Å². The summed E-state index contributed by atoms with van der Waals surface area (Å²) < 4.78 is 7.62. The Hall–Kier alpha value is -3.25. The highest BCUT2D eigenvalue weighted by Gasteiger charge is 2.23. The van der Waals surface area contributed by atoms with Crippen LogP contribution in [-0.2, 0) is 11.3 Å². The maximum atomic E-state index is 5.75. The number of piperazine rings is 1. The van der Waals surface area contributed by atoms with Crippen molar-refractivity contribution in [1.29, 1.82) is 0 Å². The molecule has 2 saturated heterocycles. The number of nitrogens with zero attached hydrogens (tertiary/aromatic N) is 9. The van der Waals surface area contributed by atoms with Crippen LogP contribution in [0, 0.1) is 0 Å². The first kappa shape index (κ1) is 22.9. The van der Waals surface area contributed by atoms with Crippen LogP contribution in [0.25, 0.3) is 0 Å². The molecule has 0 radical (unpaired) electrons. The number of aliphatic imine (C=N–C) groups is 1. The van der Waals surface area contributed by atoms with Gasteiger partial charge >= 0.3 is 0 Å². The Morgan fingerprint density at radius 2 is 2.21 bits per heavy atom. The second kappa shape index (κ2) is 11.1. The molecule has 0 amide bonds. The van der Waals surface area contributed by atoms with Crippen molar-refractivity contribution in [1.82, 2.24) is 39.8 Å². The van der Waals surface area contributed by atoms with Crippen LogP contribution in [0.4, 0.5) is 17.6 Å². The summed E-state index contributed by atoms with van der Waals surface area (Å²) in [5, 5.41) is 11.0. The SMILES string of the molecule is C=CN=C(N(C)CC)N1CCN(c2ncnc(Nc3cnn(C[C@@H]4CNCCO4)c3)n2)CC1. The van der Waals surface area contributed by atoms with E-state index in [9.17, 15) is 0 Å². The third-order valence-electron chi connectivity index (χ3n) is 5.71. The molecule has 0 bridgehead atoms. The molecule has 2 aliphatic rings. The smallest absolute Gasteiger partial charge is 0.232 e. The Morgan fingerprint density at radius 3 is 2.94 bits per heavy atom. The number of aromatic nitrogens is 5. The lowest BCUT2D eigenvalue weighted by atomic mass is 10.3. The topological polar surface area (TPSA) is 112 Å². The molecule has 178 valence electrons. The van der Waals surface area contributed by atoms with Crippen molar-refractivity contribution >= 4 is 23.5 Å². The van der Waals surface area contributed by atoms with E-state index in [0.717, 1.165) is 64.1 Å². The monoisotopic (exact) mass is 455 g/mol. The first-order chi connectivity index (χ1) is 16.2. The fraction of sp³-hybridized carbons (Fsp3) is 0.571. The summed E-state index contributed by atoms with van der Waals surface area (Å²) >= 11 is 0. The predicted octanol–water partition coefficient (Wildman–Crippen LogP) is 0.373. The van der Waals surface area contributed by atoms with Gasteiger partial charge in [0.15, 0.2) is 0 Å². The molecule has 0 aliphatic carbocycles. The molecule has 2 fully saturated rings. The van der Waals surface area contributed by atoms with Crippen LogP contribution in [0.2, 0.25) is 0 Å². The summed E-state index contributed by atoms with van der Waals surface area (Å²) in [7, 11) is 2.04. The standard InChI is InChI=1S/C21H33N11O/c1-4-23-21(29(3)5-2)31-9-7-30(8-10-31)20-25-16-24-19(28-20)27-17-12-26-32(14-17)15-18-13-22-6-11-33-18/h4,12,14,16,18,22H,1,5-11,13,15H2,2-3H3,(H,24,25,27,28)/t18-/m0/s1. The van der Waals surface area contributed by atoms with E-state index in [0.29, 0.717) is 18.4 Å². The van der Waals surface area contributed by atoms with Crippen LogP contribution in [0.5, 0.6) is 0 Å². The molecule has 4 heterocycles. The first-order valence-corrected chi connectivity index (χ1v) is 11.4. The molecule has 33 heavy (non-hydrogen) atoms. The molecule has 2 aromatic rings. The first-order valence-electron chi connectivity index (χ1n) is 11.4. The third kappa shape index (κ3) is 5.96. The van der Waals surface area contributed by atoms with Gasteiger partial charge in [-0.05, 0) is 6.92 Å².